The van der Waals surface area contributed by atoms with Gasteiger partial charge in [-0.2, -0.15) is 15.0 Å². The number of halogens is 1. The smallest absolute Gasteiger partial charge is 0.231 e. The van der Waals surface area contributed by atoms with Crippen LogP contribution in [0.2, 0.25) is 5.28 Å². The number of nitrogens with zero attached hydrogens (tertiary/aromatic N) is 4. The van der Waals surface area contributed by atoms with Crippen LogP contribution in [0.4, 0.5) is 11.9 Å². The highest BCUT2D eigenvalue weighted by Gasteiger charge is 2.18. The van der Waals surface area contributed by atoms with Gasteiger partial charge in [0.1, 0.15) is 9.84 Å². The zero-order chi connectivity index (χ0) is 14.8. The van der Waals surface area contributed by atoms with E-state index in [9.17, 15) is 8.42 Å². The number of hydrogen-bond acceptors (Lipinski definition) is 7. The van der Waals surface area contributed by atoms with Crippen molar-refractivity contribution in [1.29, 1.82) is 0 Å². The van der Waals surface area contributed by atoms with Crippen LogP contribution in [0.1, 0.15) is 19.8 Å². The topological polar surface area (TPSA) is 88.1 Å². The van der Waals surface area contributed by atoms with Gasteiger partial charge >= 0.3 is 0 Å². The lowest BCUT2D eigenvalue weighted by Gasteiger charge is -2.17. The van der Waals surface area contributed by atoms with Gasteiger partial charge in [0.2, 0.25) is 17.2 Å². The molecule has 1 aliphatic rings. The third-order valence-corrected chi connectivity index (χ3v) is 4.19. The van der Waals surface area contributed by atoms with Gasteiger partial charge in [-0.3, -0.25) is 0 Å². The number of rotatable bonds is 5. The number of anilines is 2. The van der Waals surface area contributed by atoms with E-state index in [1.807, 2.05) is 4.90 Å². The summed E-state index contributed by atoms with van der Waals surface area (Å²) in [6.45, 7) is 3.56. The van der Waals surface area contributed by atoms with Crippen LogP contribution in [-0.2, 0) is 9.84 Å². The van der Waals surface area contributed by atoms with Crippen LogP contribution in [0.15, 0.2) is 0 Å². The minimum Gasteiger partial charge on any atom is -0.351 e. The molecule has 0 radical (unpaired) electrons. The first kappa shape index (κ1) is 15.2. The third-order valence-electron chi connectivity index (χ3n) is 2.91. The average Bonchev–Trinajstić information content (AvgIpc) is 2.78. The predicted octanol–water partition coefficient (Wildman–Crippen LogP) is 0.970. The molecule has 1 atom stereocenters. The van der Waals surface area contributed by atoms with Crippen molar-refractivity contribution in [3.63, 3.8) is 0 Å². The Balaban J connectivity index is 2.11. The van der Waals surface area contributed by atoms with E-state index in [2.05, 4.69) is 20.3 Å². The van der Waals surface area contributed by atoms with Crippen LogP contribution in [0.3, 0.4) is 0 Å². The molecule has 2 heterocycles. The van der Waals surface area contributed by atoms with Crippen molar-refractivity contribution in [2.75, 3.05) is 35.3 Å². The molecule has 1 unspecified atom stereocenters. The number of hydrogen-bond donors (Lipinski definition) is 1. The monoisotopic (exact) mass is 319 g/mol. The Morgan fingerprint density at radius 3 is 2.55 bits per heavy atom. The highest BCUT2D eigenvalue weighted by Crippen LogP contribution is 2.18. The lowest BCUT2D eigenvalue weighted by Crippen LogP contribution is -2.27. The van der Waals surface area contributed by atoms with Crippen LogP contribution in [0, 0.1) is 0 Å². The second-order valence-corrected chi connectivity index (χ2v) is 7.58. The molecule has 7 nitrogen and oxygen atoms in total. The summed E-state index contributed by atoms with van der Waals surface area (Å²) < 4.78 is 22.5. The summed E-state index contributed by atoms with van der Waals surface area (Å²) in [6.07, 6.45) is 3.41. The first-order valence-electron chi connectivity index (χ1n) is 6.44. The third kappa shape index (κ3) is 4.45. The number of nitrogens with one attached hydrogen (secondary N) is 1. The van der Waals surface area contributed by atoms with Gasteiger partial charge in [-0.05, 0) is 31.4 Å². The van der Waals surface area contributed by atoms with Crippen LogP contribution < -0.4 is 10.2 Å². The molecule has 0 bridgehead atoms. The van der Waals surface area contributed by atoms with E-state index in [1.54, 1.807) is 6.92 Å². The van der Waals surface area contributed by atoms with Crippen molar-refractivity contribution in [1.82, 2.24) is 15.0 Å². The fraction of sp³-hybridized carbons (Fsp3) is 0.727. The molecule has 0 amide bonds. The number of sulfone groups is 1. The molecule has 1 aromatic heterocycles. The standard InChI is InChI=1S/C11H18ClN5O2S/c1-8(7-20(2,18)19)13-10-14-9(12)15-11(16-10)17-5-3-4-6-17/h8H,3-7H2,1-2H3,(H,13,14,15,16). The molecule has 1 N–H and O–H groups in total. The molecule has 112 valence electrons. The highest BCUT2D eigenvalue weighted by molar-refractivity contribution is 7.90. The number of aromatic nitrogens is 3. The van der Waals surface area contributed by atoms with Crippen molar-refractivity contribution in [3.8, 4) is 0 Å². The Bertz CT molecular complexity index is 574. The van der Waals surface area contributed by atoms with Gasteiger partial charge in [0.15, 0.2) is 0 Å². The minimum absolute atomic E-state index is 0.00928. The molecular formula is C11H18ClN5O2S. The van der Waals surface area contributed by atoms with E-state index in [1.165, 1.54) is 6.26 Å². The largest absolute Gasteiger partial charge is 0.351 e. The quantitative estimate of drug-likeness (QED) is 0.865. The minimum atomic E-state index is -3.06. The van der Waals surface area contributed by atoms with E-state index in [0.717, 1.165) is 25.9 Å². The van der Waals surface area contributed by atoms with Gasteiger partial charge in [-0.1, -0.05) is 0 Å². The fourth-order valence-electron chi connectivity index (χ4n) is 2.18. The fourth-order valence-corrected chi connectivity index (χ4v) is 3.33. The van der Waals surface area contributed by atoms with E-state index < -0.39 is 9.84 Å². The summed E-state index contributed by atoms with van der Waals surface area (Å²) in [6, 6.07) is -0.296. The van der Waals surface area contributed by atoms with Gasteiger partial charge < -0.3 is 10.2 Å². The normalized spacial score (nSPS) is 17.2. The summed E-state index contributed by atoms with van der Waals surface area (Å²) in [5, 5.41) is 3.06. The molecule has 0 aromatic carbocycles. The Hall–Kier alpha value is -1.15. The molecule has 20 heavy (non-hydrogen) atoms. The van der Waals surface area contributed by atoms with Gasteiger partial charge in [-0.15, -0.1) is 0 Å². The van der Waals surface area contributed by atoms with Crippen molar-refractivity contribution in [2.45, 2.75) is 25.8 Å². The molecule has 0 spiro atoms. The van der Waals surface area contributed by atoms with E-state index in [0.29, 0.717) is 11.9 Å². The molecular weight excluding hydrogens is 302 g/mol. The molecule has 1 aromatic rings. The first-order valence-corrected chi connectivity index (χ1v) is 8.88. The molecule has 9 heteroatoms. The van der Waals surface area contributed by atoms with E-state index in [-0.39, 0.29) is 17.1 Å². The summed E-state index contributed by atoms with van der Waals surface area (Å²) in [4.78, 5) is 14.4. The second-order valence-electron chi connectivity index (χ2n) is 5.06. The van der Waals surface area contributed by atoms with Crippen LogP contribution >= 0.6 is 11.6 Å². The Morgan fingerprint density at radius 2 is 1.95 bits per heavy atom. The maximum atomic E-state index is 11.2. The SMILES string of the molecule is CC(CS(C)(=O)=O)Nc1nc(Cl)nc(N2CCCC2)n1. The zero-order valence-electron chi connectivity index (χ0n) is 11.5. The van der Waals surface area contributed by atoms with Gasteiger partial charge in [0.25, 0.3) is 0 Å². The molecule has 1 aliphatic heterocycles. The van der Waals surface area contributed by atoms with Gasteiger partial charge in [0.05, 0.1) is 5.75 Å². The maximum absolute atomic E-state index is 11.2. The van der Waals surface area contributed by atoms with E-state index in [4.69, 9.17) is 11.6 Å². The van der Waals surface area contributed by atoms with Crippen LogP contribution in [-0.4, -0.2) is 54.5 Å². The lowest BCUT2D eigenvalue weighted by atomic mass is 10.4. The molecule has 1 saturated heterocycles. The first-order chi connectivity index (χ1) is 9.33. The van der Waals surface area contributed by atoms with Gasteiger partial charge in [0, 0.05) is 25.4 Å². The average molecular weight is 320 g/mol. The summed E-state index contributed by atoms with van der Waals surface area (Å²) in [5.74, 6) is 0.856. The Kier molecular flexibility index (Phi) is 4.64. The maximum Gasteiger partial charge on any atom is 0.231 e. The Morgan fingerprint density at radius 1 is 1.30 bits per heavy atom. The molecule has 0 saturated carbocycles. The van der Waals surface area contributed by atoms with Crippen LogP contribution in [0.25, 0.3) is 0 Å². The second kappa shape index (κ2) is 6.09. The predicted molar refractivity (Wildman–Crippen MR) is 79.1 cm³/mol. The summed E-state index contributed by atoms with van der Waals surface area (Å²) in [7, 11) is -3.06. The summed E-state index contributed by atoms with van der Waals surface area (Å²) >= 11 is 5.90. The van der Waals surface area contributed by atoms with Crippen molar-refractivity contribution >= 4 is 33.3 Å². The van der Waals surface area contributed by atoms with Crippen molar-refractivity contribution in [2.24, 2.45) is 0 Å². The molecule has 0 aliphatic carbocycles. The van der Waals surface area contributed by atoms with Gasteiger partial charge in [-0.25, -0.2) is 8.42 Å². The van der Waals surface area contributed by atoms with Crippen molar-refractivity contribution < 1.29 is 8.42 Å². The van der Waals surface area contributed by atoms with E-state index >= 15 is 0 Å². The molecule has 2 rings (SSSR count). The summed E-state index contributed by atoms with van der Waals surface area (Å²) in [5.41, 5.74) is 0. The van der Waals surface area contributed by atoms with Crippen LogP contribution in [0.5, 0.6) is 0 Å². The molecule has 1 fully saturated rings. The lowest BCUT2D eigenvalue weighted by molar-refractivity contribution is 0.597. The Labute approximate surface area is 123 Å². The van der Waals surface area contributed by atoms with Crippen molar-refractivity contribution in [3.05, 3.63) is 5.28 Å². The zero-order valence-corrected chi connectivity index (χ0v) is 13.1. The highest BCUT2D eigenvalue weighted by atomic mass is 35.5.